The van der Waals surface area contributed by atoms with Gasteiger partial charge in [0.1, 0.15) is 0 Å². The third-order valence-corrected chi connectivity index (χ3v) is 3.80. The van der Waals surface area contributed by atoms with Crippen LogP contribution in [0.15, 0.2) is 22.7 Å². The Balaban J connectivity index is 2.07. The fourth-order valence-electron chi connectivity index (χ4n) is 2.31. The molecule has 0 radical (unpaired) electrons. The number of hydrogen-bond donors (Lipinski definition) is 2. The molecule has 0 aromatic heterocycles. The molecular formula is C13H17BrN2O. The van der Waals surface area contributed by atoms with E-state index in [-0.39, 0.29) is 18.0 Å². The maximum absolute atomic E-state index is 11.7. The van der Waals surface area contributed by atoms with Crippen LogP contribution in [0.4, 0.5) is 0 Å². The molecule has 17 heavy (non-hydrogen) atoms. The van der Waals surface area contributed by atoms with E-state index in [2.05, 4.69) is 27.3 Å². The number of nitrogens with one attached hydrogen (secondary N) is 1. The van der Waals surface area contributed by atoms with Crippen LogP contribution in [-0.2, 0) is 11.2 Å². The van der Waals surface area contributed by atoms with Crippen molar-refractivity contribution in [2.45, 2.75) is 38.3 Å². The van der Waals surface area contributed by atoms with E-state index in [4.69, 9.17) is 5.73 Å². The van der Waals surface area contributed by atoms with Crippen molar-refractivity contribution in [3.8, 4) is 0 Å². The maximum atomic E-state index is 11.7. The number of benzene rings is 1. The molecule has 0 aliphatic heterocycles. The molecule has 1 amide bonds. The van der Waals surface area contributed by atoms with Crippen molar-refractivity contribution in [3.05, 3.63) is 33.8 Å². The third-order valence-electron chi connectivity index (χ3n) is 3.06. The molecule has 3 N–H and O–H groups in total. The lowest BCUT2D eigenvalue weighted by atomic mass is 10.1. The Kier molecular flexibility index (Phi) is 3.84. The number of nitrogens with two attached hydrogens (primary N) is 1. The first-order valence-electron chi connectivity index (χ1n) is 5.90. The minimum absolute atomic E-state index is 0.0397. The van der Waals surface area contributed by atoms with Gasteiger partial charge in [0.05, 0.1) is 6.04 Å². The molecule has 3 nitrogen and oxygen atoms in total. The summed E-state index contributed by atoms with van der Waals surface area (Å²) in [6.45, 7) is 1.85. The lowest BCUT2D eigenvalue weighted by molar-refractivity contribution is -0.122. The molecule has 0 bridgehead atoms. The SMILES string of the molecule is CC(N)CC(=O)NC1CCc2c(Br)cccc21. The van der Waals surface area contributed by atoms with E-state index < -0.39 is 0 Å². The van der Waals surface area contributed by atoms with E-state index >= 15 is 0 Å². The van der Waals surface area contributed by atoms with Crippen LogP contribution >= 0.6 is 15.9 Å². The van der Waals surface area contributed by atoms with Gasteiger partial charge in [0.2, 0.25) is 5.91 Å². The van der Waals surface area contributed by atoms with Crippen LogP contribution in [0.25, 0.3) is 0 Å². The van der Waals surface area contributed by atoms with Crippen LogP contribution in [0.1, 0.15) is 36.9 Å². The summed E-state index contributed by atoms with van der Waals surface area (Å²) in [5.74, 6) is 0.0397. The van der Waals surface area contributed by atoms with Crippen molar-refractivity contribution in [1.29, 1.82) is 0 Å². The Hall–Kier alpha value is -0.870. The fraction of sp³-hybridized carbons (Fsp3) is 0.462. The van der Waals surface area contributed by atoms with Crippen molar-refractivity contribution in [3.63, 3.8) is 0 Å². The average Bonchev–Trinajstić information content (AvgIpc) is 2.62. The summed E-state index contributed by atoms with van der Waals surface area (Å²) in [4.78, 5) is 11.7. The standard InChI is InChI=1S/C13H17BrN2O/c1-8(15)7-13(17)16-12-6-5-9-10(12)3-2-4-11(9)14/h2-4,8,12H,5-7,15H2,1H3,(H,16,17). The molecule has 2 rings (SSSR count). The van der Waals surface area contributed by atoms with Gasteiger partial charge in [-0.25, -0.2) is 0 Å². The Bertz CT molecular complexity index is 431. The van der Waals surface area contributed by atoms with Crippen LogP contribution in [0.5, 0.6) is 0 Å². The van der Waals surface area contributed by atoms with Crippen LogP contribution in [0.3, 0.4) is 0 Å². The highest BCUT2D eigenvalue weighted by molar-refractivity contribution is 9.10. The molecular weight excluding hydrogens is 280 g/mol. The van der Waals surface area contributed by atoms with Crippen LogP contribution in [-0.4, -0.2) is 11.9 Å². The van der Waals surface area contributed by atoms with Crippen molar-refractivity contribution in [1.82, 2.24) is 5.32 Å². The molecule has 0 saturated carbocycles. The van der Waals surface area contributed by atoms with E-state index in [0.29, 0.717) is 6.42 Å². The first-order valence-corrected chi connectivity index (χ1v) is 6.69. The smallest absolute Gasteiger partial charge is 0.222 e. The molecule has 2 unspecified atom stereocenters. The first kappa shape index (κ1) is 12.6. The fourth-order valence-corrected chi connectivity index (χ4v) is 2.89. The van der Waals surface area contributed by atoms with Gasteiger partial charge in [-0.2, -0.15) is 0 Å². The summed E-state index contributed by atoms with van der Waals surface area (Å²) in [6, 6.07) is 6.21. The molecule has 0 saturated heterocycles. The Morgan fingerprint density at radius 2 is 2.41 bits per heavy atom. The lowest BCUT2D eigenvalue weighted by Gasteiger charge is -2.15. The van der Waals surface area contributed by atoms with E-state index in [9.17, 15) is 4.79 Å². The van der Waals surface area contributed by atoms with Crippen LogP contribution in [0.2, 0.25) is 0 Å². The van der Waals surface area contributed by atoms with Gasteiger partial charge in [0.15, 0.2) is 0 Å². The normalized spacial score (nSPS) is 19.8. The van der Waals surface area contributed by atoms with Crippen molar-refractivity contribution < 1.29 is 4.79 Å². The third kappa shape index (κ3) is 2.87. The first-order chi connectivity index (χ1) is 8.08. The molecule has 1 aromatic carbocycles. The summed E-state index contributed by atoms with van der Waals surface area (Å²) >= 11 is 3.55. The largest absolute Gasteiger partial charge is 0.349 e. The lowest BCUT2D eigenvalue weighted by Crippen LogP contribution is -2.32. The van der Waals surface area contributed by atoms with Gasteiger partial charge in [0, 0.05) is 16.9 Å². The molecule has 1 aliphatic rings. The predicted molar refractivity (Wildman–Crippen MR) is 71.6 cm³/mol. The highest BCUT2D eigenvalue weighted by Crippen LogP contribution is 2.35. The van der Waals surface area contributed by atoms with Crippen LogP contribution < -0.4 is 11.1 Å². The number of halogens is 1. The van der Waals surface area contributed by atoms with E-state index in [1.54, 1.807) is 0 Å². The number of fused-ring (bicyclic) bond motifs is 1. The monoisotopic (exact) mass is 296 g/mol. The van der Waals surface area contributed by atoms with Crippen molar-refractivity contribution in [2.24, 2.45) is 5.73 Å². The van der Waals surface area contributed by atoms with Crippen molar-refractivity contribution in [2.75, 3.05) is 0 Å². The zero-order valence-corrected chi connectivity index (χ0v) is 11.5. The Morgan fingerprint density at radius 1 is 1.65 bits per heavy atom. The zero-order valence-electron chi connectivity index (χ0n) is 9.87. The topological polar surface area (TPSA) is 55.1 Å². The summed E-state index contributed by atoms with van der Waals surface area (Å²) in [7, 11) is 0. The van der Waals surface area contributed by atoms with Gasteiger partial charge < -0.3 is 11.1 Å². The van der Waals surface area contributed by atoms with Crippen LogP contribution in [0, 0.1) is 0 Å². The average molecular weight is 297 g/mol. The highest BCUT2D eigenvalue weighted by atomic mass is 79.9. The quantitative estimate of drug-likeness (QED) is 0.899. The Labute approximate surface area is 110 Å². The molecule has 4 heteroatoms. The van der Waals surface area contributed by atoms with Crippen molar-refractivity contribution >= 4 is 21.8 Å². The van der Waals surface area contributed by atoms with E-state index in [1.807, 2.05) is 19.1 Å². The summed E-state index contributed by atoms with van der Waals surface area (Å²) in [5.41, 5.74) is 8.17. The minimum atomic E-state index is -0.0848. The number of rotatable bonds is 3. The summed E-state index contributed by atoms with van der Waals surface area (Å²) < 4.78 is 1.14. The predicted octanol–water partition coefficient (Wildman–Crippen LogP) is 2.29. The number of amides is 1. The van der Waals surface area contributed by atoms with Gasteiger partial charge in [-0.1, -0.05) is 28.1 Å². The van der Waals surface area contributed by atoms with E-state index in [1.165, 1.54) is 11.1 Å². The van der Waals surface area contributed by atoms with Gasteiger partial charge in [-0.3, -0.25) is 4.79 Å². The summed E-state index contributed by atoms with van der Waals surface area (Å²) in [5, 5.41) is 3.05. The second-order valence-electron chi connectivity index (χ2n) is 4.65. The van der Waals surface area contributed by atoms with Gasteiger partial charge in [0.25, 0.3) is 0 Å². The highest BCUT2D eigenvalue weighted by Gasteiger charge is 2.25. The van der Waals surface area contributed by atoms with Gasteiger partial charge in [-0.05, 0) is 37.0 Å². The molecule has 0 heterocycles. The zero-order chi connectivity index (χ0) is 12.4. The second-order valence-corrected chi connectivity index (χ2v) is 5.50. The van der Waals surface area contributed by atoms with Gasteiger partial charge >= 0.3 is 0 Å². The summed E-state index contributed by atoms with van der Waals surface area (Å²) in [6.07, 6.45) is 2.38. The molecule has 0 fully saturated rings. The molecule has 92 valence electrons. The molecule has 1 aromatic rings. The number of hydrogen-bond acceptors (Lipinski definition) is 2. The minimum Gasteiger partial charge on any atom is -0.349 e. The number of carbonyl (C=O) groups is 1. The second kappa shape index (κ2) is 5.19. The van der Waals surface area contributed by atoms with Gasteiger partial charge in [-0.15, -0.1) is 0 Å². The molecule has 0 spiro atoms. The van der Waals surface area contributed by atoms with E-state index in [0.717, 1.165) is 17.3 Å². The maximum Gasteiger partial charge on any atom is 0.222 e. The molecule has 2 atom stereocenters. The number of carbonyl (C=O) groups excluding carboxylic acids is 1. The molecule has 1 aliphatic carbocycles. The Morgan fingerprint density at radius 3 is 3.12 bits per heavy atom.